The number of hydrogen-bond donors (Lipinski definition) is 2. The van der Waals surface area contributed by atoms with E-state index in [0.717, 1.165) is 25.9 Å². The smallest absolute Gasteiger partial charge is 0.237 e. The van der Waals surface area contributed by atoms with Crippen LogP contribution >= 0.6 is 0 Å². The third kappa shape index (κ3) is 3.59. The molecule has 21 heavy (non-hydrogen) atoms. The molecule has 3 rings (SSSR count). The average Bonchev–Trinajstić information content (AvgIpc) is 3.09. The van der Waals surface area contributed by atoms with Gasteiger partial charge in [0, 0.05) is 12.1 Å². The van der Waals surface area contributed by atoms with Gasteiger partial charge in [-0.3, -0.25) is 9.69 Å². The van der Waals surface area contributed by atoms with Gasteiger partial charge >= 0.3 is 0 Å². The van der Waals surface area contributed by atoms with Crippen molar-refractivity contribution in [3.05, 3.63) is 0 Å². The van der Waals surface area contributed by atoms with E-state index in [9.17, 15) is 4.79 Å². The molecule has 2 saturated heterocycles. The first-order chi connectivity index (χ1) is 10.3. The number of nitrogens with zero attached hydrogens (tertiary/aromatic N) is 1. The summed E-state index contributed by atoms with van der Waals surface area (Å²) < 4.78 is 0. The third-order valence-electron chi connectivity index (χ3n) is 5.78. The van der Waals surface area contributed by atoms with E-state index in [2.05, 4.69) is 15.5 Å². The molecule has 2 aliphatic heterocycles. The number of amides is 1. The zero-order valence-electron chi connectivity index (χ0n) is 13.3. The van der Waals surface area contributed by atoms with E-state index < -0.39 is 0 Å². The fourth-order valence-corrected chi connectivity index (χ4v) is 4.47. The molecule has 1 atom stereocenters. The van der Waals surface area contributed by atoms with Gasteiger partial charge in [0.25, 0.3) is 0 Å². The van der Waals surface area contributed by atoms with Gasteiger partial charge < -0.3 is 10.6 Å². The summed E-state index contributed by atoms with van der Waals surface area (Å²) in [5.74, 6) is 0.231. The van der Waals surface area contributed by atoms with Crippen LogP contribution in [-0.4, -0.2) is 48.6 Å². The molecular weight excluding hydrogens is 262 g/mol. The van der Waals surface area contributed by atoms with Crippen molar-refractivity contribution in [2.45, 2.75) is 75.8 Å². The SMILES string of the molecule is O=C(NCC1(N2CCCCC2)CCCCC1)[C@@H]1CCCN1. The predicted molar refractivity (Wildman–Crippen MR) is 85.3 cm³/mol. The fourth-order valence-electron chi connectivity index (χ4n) is 4.47. The van der Waals surface area contributed by atoms with Crippen molar-refractivity contribution in [3.63, 3.8) is 0 Å². The zero-order chi connectivity index (χ0) is 14.5. The molecule has 0 radical (unpaired) electrons. The Balaban J connectivity index is 1.60. The van der Waals surface area contributed by atoms with Crippen LogP contribution in [0.2, 0.25) is 0 Å². The summed E-state index contributed by atoms with van der Waals surface area (Å²) in [5, 5.41) is 6.60. The van der Waals surface area contributed by atoms with E-state index in [4.69, 9.17) is 0 Å². The molecule has 4 heteroatoms. The zero-order valence-corrected chi connectivity index (χ0v) is 13.3. The quantitative estimate of drug-likeness (QED) is 0.834. The van der Waals surface area contributed by atoms with Gasteiger partial charge in [-0.05, 0) is 58.2 Å². The molecule has 0 bridgehead atoms. The summed E-state index contributed by atoms with van der Waals surface area (Å²) in [4.78, 5) is 15.0. The molecule has 0 spiro atoms. The van der Waals surface area contributed by atoms with Crippen LogP contribution in [0.3, 0.4) is 0 Å². The molecule has 1 amide bonds. The van der Waals surface area contributed by atoms with Crippen molar-refractivity contribution in [2.75, 3.05) is 26.2 Å². The van der Waals surface area contributed by atoms with Crippen LogP contribution in [0, 0.1) is 0 Å². The van der Waals surface area contributed by atoms with Crippen molar-refractivity contribution in [3.8, 4) is 0 Å². The summed E-state index contributed by atoms with van der Waals surface area (Å²) in [7, 11) is 0. The van der Waals surface area contributed by atoms with Crippen LogP contribution in [0.25, 0.3) is 0 Å². The highest BCUT2D eigenvalue weighted by Gasteiger charge is 2.39. The molecule has 3 fully saturated rings. The second-order valence-corrected chi connectivity index (χ2v) is 7.20. The Morgan fingerprint density at radius 1 is 1.05 bits per heavy atom. The van der Waals surface area contributed by atoms with Gasteiger partial charge in [-0.2, -0.15) is 0 Å². The lowest BCUT2D eigenvalue weighted by atomic mass is 9.79. The van der Waals surface area contributed by atoms with Gasteiger partial charge in [-0.15, -0.1) is 0 Å². The summed E-state index contributed by atoms with van der Waals surface area (Å²) >= 11 is 0. The molecule has 0 aromatic rings. The number of rotatable bonds is 4. The summed E-state index contributed by atoms with van der Waals surface area (Å²) in [6.07, 6.45) is 12.7. The molecule has 2 heterocycles. The first kappa shape index (κ1) is 15.3. The Labute approximate surface area is 129 Å². The largest absolute Gasteiger partial charge is 0.353 e. The molecule has 4 nitrogen and oxygen atoms in total. The molecule has 0 unspecified atom stereocenters. The maximum absolute atomic E-state index is 12.3. The Hall–Kier alpha value is -0.610. The summed E-state index contributed by atoms with van der Waals surface area (Å²) in [6, 6.07) is 0.0620. The minimum absolute atomic E-state index is 0.0620. The van der Waals surface area contributed by atoms with Crippen molar-refractivity contribution in [1.29, 1.82) is 0 Å². The monoisotopic (exact) mass is 293 g/mol. The van der Waals surface area contributed by atoms with Crippen molar-refractivity contribution in [1.82, 2.24) is 15.5 Å². The van der Waals surface area contributed by atoms with Crippen LogP contribution < -0.4 is 10.6 Å². The predicted octanol–water partition coefficient (Wildman–Crippen LogP) is 2.04. The molecule has 2 N–H and O–H groups in total. The molecule has 0 aromatic carbocycles. The van der Waals surface area contributed by atoms with Gasteiger partial charge in [0.1, 0.15) is 0 Å². The number of piperidine rings is 1. The van der Waals surface area contributed by atoms with Crippen LogP contribution in [0.4, 0.5) is 0 Å². The van der Waals surface area contributed by atoms with E-state index in [1.165, 1.54) is 64.5 Å². The number of carbonyl (C=O) groups excluding carboxylic acids is 1. The average molecular weight is 293 g/mol. The second kappa shape index (κ2) is 7.10. The van der Waals surface area contributed by atoms with Crippen molar-refractivity contribution < 1.29 is 4.79 Å². The van der Waals surface area contributed by atoms with Crippen molar-refractivity contribution >= 4 is 5.91 Å². The van der Waals surface area contributed by atoms with Gasteiger partial charge in [-0.25, -0.2) is 0 Å². The van der Waals surface area contributed by atoms with E-state index >= 15 is 0 Å². The first-order valence-electron chi connectivity index (χ1n) is 9.06. The Bertz CT molecular complexity index is 340. The van der Waals surface area contributed by atoms with Crippen LogP contribution in [0.1, 0.15) is 64.2 Å². The Morgan fingerprint density at radius 2 is 1.76 bits per heavy atom. The van der Waals surface area contributed by atoms with Gasteiger partial charge in [0.2, 0.25) is 5.91 Å². The van der Waals surface area contributed by atoms with Crippen LogP contribution in [0.15, 0.2) is 0 Å². The molecular formula is C17H31N3O. The Morgan fingerprint density at radius 3 is 2.43 bits per heavy atom. The van der Waals surface area contributed by atoms with Crippen molar-refractivity contribution in [2.24, 2.45) is 0 Å². The van der Waals surface area contributed by atoms with E-state index in [0.29, 0.717) is 0 Å². The highest BCUT2D eigenvalue weighted by molar-refractivity contribution is 5.82. The summed E-state index contributed by atoms with van der Waals surface area (Å²) in [5.41, 5.74) is 0.257. The number of likely N-dealkylation sites (tertiary alicyclic amines) is 1. The van der Waals surface area contributed by atoms with Gasteiger partial charge in [0.05, 0.1) is 6.04 Å². The molecule has 120 valence electrons. The highest BCUT2D eigenvalue weighted by atomic mass is 16.2. The first-order valence-corrected chi connectivity index (χ1v) is 9.06. The Kier molecular flexibility index (Phi) is 5.17. The molecule has 1 aliphatic carbocycles. The number of carbonyl (C=O) groups is 1. The highest BCUT2D eigenvalue weighted by Crippen LogP contribution is 2.35. The normalized spacial score (nSPS) is 30.2. The maximum Gasteiger partial charge on any atom is 0.237 e. The van der Waals surface area contributed by atoms with E-state index in [1.54, 1.807) is 0 Å². The van der Waals surface area contributed by atoms with Gasteiger partial charge in [0.15, 0.2) is 0 Å². The molecule has 1 saturated carbocycles. The fraction of sp³-hybridized carbons (Fsp3) is 0.941. The lowest BCUT2D eigenvalue weighted by Gasteiger charge is -2.48. The molecule has 0 aromatic heterocycles. The number of nitrogens with one attached hydrogen (secondary N) is 2. The van der Waals surface area contributed by atoms with Gasteiger partial charge in [-0.1, -0.05) is 25.7 Å². The third-order valence-corrected chi connectivity index (χ3v) is 5.78. The molecule has 3 aliphatic rings. The lowest BCUT2D eigenvalue weighted by molar-refractivity contribution is -0.123. The summed E-state index contributed by atoms with van der Waals surface area (Å²) in [6.45, 7) is 4.33. The second-order valence-electron chi connectivity index (χ2n) is 7.20. The van der Waals surface area contributed by atoms with Crippen LogP contribution in [0.5, 0.6) is 0 Å². The topological polar surface area (TPSA) is 44.4 Å². The van der Waals surface area contributed by atoms with E-state index in [-0.39, 0.29) is 17.5 Å². The minimum Gasteiger partial charge on any atom is -0.353 e. The van der Waals surface area contributed by atoms with Crippen LogP contribution in [-0.2, 0) is 4.79 Å². The maximum atomic E-state index is 12.3. The van der Waals surface area contributed by atoms with E-state index in [1.807, 2.05) is 0 Å². The minimum atomic E-state index is 0.0620. The standard InChI is InChI=1S/C17H31N3O/c21-16(15-8-7-11-18-15)19-14-17(9-3-1-4-10-17)20-12-5-2-6-13-20/h15,18H,1-14H2,(H,19,21)/t15-/m0/s1. The number of hydrogen-bond acceptors (Lipinski definition) is 3. The lowest BCUT2D eigenvalue weighted by Crippen LogP contribution is -2.59.